The largest absolute Gasteiger partial charge is 0.504 e. The Balaban J connectivity index is 2.66. The van der Waals surface area contributed by atoms with Gasteiger partial charge in [0.1, 0.15) is 0 Å². The molecule has 0 aliphatic rings. The van der Waals surface area contributed by atoms with Crippen molar-refractivity contribution in [3.05, 3.63) is 58.8 Å². The zero-order chi connectivity index (χ0) is 11.5. The Morgan fingerprint density at radius 2 is 1.50 bits per heavy atom. The SMILES string of the molecule is O=c1cc(-c2ccccc2)ccc(O)c1O. The quantitative estimate of drug-likeness (QED) is 0.764. The van der Waals surface area contributed by atoms with Gasteiger partial charge >= 0.3 is 0 Å². The number of aromatic hydroxyl groups is 2. The highest BCUT2D eigenvalue weighted by molar-refractivity contribution is 5.63. The van der Waals surface area contributed by atoms with Crippen LogP contribution in [0.4, 0.5) is 0 Å². The van der Waals surface area contributed by atoms with Gasteiger partial charge in [-0.3, -0.25) is 4.79 Å². The highest BCUT2D eigenvalue weighted by Crippen LogP contribution is 2.22. The molecule has 0 unspecified atom stereocenters. The number of benzene rings is 1. The average Bonchev–Trinajstić information content (AvgIpc) is 2.44. The molecule has 0 aromatic heterocycles. The molecule has 3 nitrogen and oxygen atoms in total. The molecule has 0 saturated heterocycles. The maximum Gasteiger partial charge on any atom is 0.224 e. The summed E-state index contributed by atoms with van der Waals surface area (Å²) in [5, 5.41) is 18.6. The van der Waals surface area contributed by atoms with Crippen LogP contribution in [0.3, 0.4) is 0 Å². The van der Waals surface area contributed by atoms with Gasteiger partial charge in [0.25, 0.3) is 0 Å². The van der Waals surface area contributed by atoms with Crippen LogP contribution >= 0.6 is 0 Å². The summed E-state index contributed by atoms with van der Waals surface area (Å²) in [7, 11) is 0. The highest BCUT2D eigenvalue weighted by atomic mass is 16.3. The normalized spacial score (nSPS) is 10.0. The molecule has 16 heavy (non-hydrogen) atoms. The van der Waals surface area contributed by atoms with E-state index in [0.29, 0.717) is 5.56 Å². The van der Waals surface area contributed by atoms with Gasteiger partial charge in [-0.15, -0.1) is 0 Å². The number of rotatable bonds is 1. The van der Waals surface area contributed by atoms with E-state index in [1.54, 1.807) is 6.07 Å². The Morgan fingerprint density at radius 1 is 0.812 bits per heavy atom. The fraction of sp³-hybridized carbons (Fsp3) is 0. The second-order valence-corrected chi connectivity index (χ2v) is 3.40. The minimum Gasteiger partial charge on any atom is -0.504 e. The first-order valence-corrected chi connectivity index (χ1v) is 4.80. The van der Waals surface area contributed by atoms with E-state index in [0.717, 1.165) is 5.56 Å². The van der Waals surface area contributed by atoms with Gasteiger partial charge in [0.15, 0.2) is 5.75 Å². The zero-order valence-electron chi connectivity index (χ0n) is 8.42. The Labute approximate surface area is 92.2 Å². The van der Waals surface area contributed by atoms with E-state index in [2.05, 4.69) is 0 Å². The van der Waals surface area contributed by atoms with E-state index in [1.165, 1.54) is 12.1 Å². The molecule has 0 amide bonds. The molecule has 0 radical (unpaired) electrons. The minimum absolute atomic E-state index is 0.410. The minimum atomic E-state index is -0.623. The number of hydrogen-bond acceptors (Lipinski definition) is 3. The summed E-state index contributed by atoms with van der Waals surface area (Å²) in [6.07, 6.45) is 0. The van der Waals surface area contributed by atoms with Gasteiger partial charge in [0.2, 0.25) is 11.2 Å². The highest BCUT2D eigenvalue weighted by Gasteiger charge is 2.03. The average molecular weight is 214 g/mol. The molecule has 2 rings (SSSR count). The van der Waals surface area contributed by atoms with Crippen LogP contribution in [0.15, 0.2) is 53.3 Å². The van der Waals surface area contributed by atoms with Crippen molar-refractivity contribution >= 4 is 0 Å². The van der Waals surface area contributed by atoms with E-state index >= 15 is 0 Å². The summed E-state index contributed by atoms with van der Waals surface area (Å²) in [5.74, 6) is -1.03. The van der Waals surface area contributed by atoms with Crippen LogP contribution in [0.1, 0.15) is 0 Å². The zero-order valence-corrected chi connectivity index (χ0v) is 8.42. The van der Waals surface area contributed by atoms with Crippen molar-refractivity contribution in [2.45, 2.75) is 0 Å². The van der Waals surface area contributed by atoms with Crippen LogP contribution in [0.5, 0.6) is 11.5 Å². The van der Waals surface area contributed by atoms with E-state index in [9.17, 15) is 15.0 Å². The van der Waals surface area contributed by atoms with Gasteiger partial charge in [0.05, 0.1) is 0 Å². The molecule has 0 aliphatic heterocycles. The fourth-order valence-corrected chi connectivity index (χ4v) is 1.44. The summed E-state index contributed by atoms with van der Waals surface area (Å²) < 4.78 is 0. The van der Waals surface area contributed by atoms with Crippen molar-refractivity contribution in [3.8, 4) is 22.6 Å². The smallest absolute Gasteiger partial charge is 0.224 e. The summed E-state index contributed by atoms with van der Waals surface area (Å²) in [5.41, 5.74) is 0.914. The molecule has 0 bridgehead atoms. The molecule has 0 atom stereocenters. The third kappa shape index (κ3) is 1.88. The van der Waals surface area contributed by atoms with Crippen LogP contribution in [0.25, 0.3) is 11.1 Å². The van der Waals surface area contributed by atoms with E-state index < -0.39 is 16.9 Å². The van der Waals surface area contributed by atoms with Crippen LogP contribution in [-0.2, 0) is 0 Å². The Kier molecular flexibility index (Phi) is 2.60. The van der Waals surface area contributed by atoms with Crippen molar-refractivity contribution in [1.29, 1.82) is 0 Å². The molecule has 3 heteroatoms. The molecule has 2 N–H and O–H groups in total. The monoisotopic (exact) mass is 214 g/mol. The van der Waals surface area contributed by atoms with Gasteiger partial charge in [-0.05, 0) is 23.3 Å². The molecule has 0 aliphatic carbocycles. The van der Waals surface area contributed by atoms with Crippen LogP contribution < -0.4 is 5.43 Å². The first-order chi connectivity index (χ1) is 7.68. The predicted octanol–water partition coefficient (Wildman–Crippen LogP) is 2.13. The van der Waals surface area contributed by atoms with Gasteiger partial charge in [-0.25, -0.2) is 0 Å². The van der Waals surface area contributed by atoms with Crippen molar-refractivity contribution in [1.82, 2.24) is 0 Å². The molecule has 2 aromatic carbocycles. The third-order valence-electron chi connectivity index (χ3n) is 2.29. The first kappa shape index (κ1) is 10.2. The second kappa shape index (κ2) is 4.06. The van der Waals surface area contributed by atoms with E-state index in [-0.39, 0.29) is 0 Å². The van der Waals surface area contributed by atoms with Crippen molar-refractivity contribution in [2.24, 2.45) is 0 Å². The lowest BCUT2D eigenvalue weighted by molar-refractivity contribution is 0.402. The third-order valence-corrected chi connectivity index (χ3v) is 2.29. The lowest BCUT2D eigenvalue weighted by Gasteiger charge is -1.95. The molecule has 0 saturated carbocycles. The molecule has 0 heterocycles. The Morgan fingerprint density at radius 3 is 2.19 bits per heavy atom. The lowest BCUT2D eigenvalue weighted by Crippen LogP contribution is -1.94. The predicted molar refractivity (Wildman–Crippen MR) is 61.5 cm³/mol. The van der Waals surface area contributed by atoms with Crippen LogP contribution in [0, 0.1) is 0 Å². The molecule has 80 valence electrons. The number of hydrogen-bond donors (Lipinski definition) is 2. The van der Waals surface area contributed by atoms with Crippen LogP contribution in [0.2, 0.25) is 0 Å². The van der Waals surface area contributed by atoms with E-state index in [1.807, 2.05) is 30.3 Å². The summed E-state index contributed by atoms with van der Waals surface area (Å²) in [4.78, 5) is 11.4. The lowest BCUT2D eigenvalue weighted by atomic mass is 10.1. The standard InChI is InChI=1S/C13H10O3/c14-11-7-6-10(8-12(15)13(11)16)9-4-2-1-3-5-9/h1-8H,(H2,14,15,16). The topological polar surface area (TPSA) is 57.5 Å². The Hall–Kier alpha value is -2.29. The molecular weight excluding hydrogens is 204 g/mol. The summed E-state index contributed by atoms with van der Waals surface area (Å²) in [6.45, 7) is 0. The maximum atomic E-state index is 11.4. The maximum absolute atomic E-state index is 11.4. The molecule has 2 aromatic rings. The van der Waals surface area contributed by atoms with Crippen molar-refractivity contribution in [2.75, 3.05) is 0 Å². The molecular formula is C13H10O3. The van der Waals surface area contributed by atoms with Gasteiger partial charge in [-0.2, -0.15) is 0 Å². The summed E-state index contributed by atoms with van der Waals surface area (Å²) >= 11 is 0. The fourth-order valence-electron chi connectivity index (χ4n) is 1.44. The van der Waals surface area contributed by atoms with Crippen molar-refractivity contribution < 1.29 is 10.2 Å². The van der Waals surface area contributed by atoms with Gasteiger partial charge < -0.3 is 10.2 Å². The molecule has 0 fully saturated rings. The molecule has 0 spiro atoms. The van der Waals surface area contributed by atoms with Crippen molar-refractivity contribution in [3.63, 3.8) is 0 Å². The second-order valence-electron chi connectivity index (χ2n) is 3.40. The van der Waals surface area contributed by atoms with Gasteiger partial charge in [-0.1, -0.05) is 36.4 Å². The summed E-state index contributed by atoms with van der Waals surface area (Å²) in [6, 6.07) is 13.5. The first-order valence-electron chi connectivity index (χ1n) is 4.80. The van der Waals surface area contributed by atoms with E-state index in [4.69, 9.17) is 0 Å². The van der Waals surface area contributed by atoms with Crippen LogP contribution in [-0.4, -0.2) is 10.2 Å². The van der Waals surface area contributed by atoms with Gasteiger partial charge in [0, 0.05) is 0 Å². The Bertz CT molecular complexity index is 562.